The molecule has 0 unspecified atom stereocenters. The van der Waals surface area contributed by atoms with E-state index in [0.717, 1.165) is 28.6 Å². The third-order valence-electron chi connectivity index (χ3n) is 4.15. The van der Waals surface area contributed by atoms with Crippen molar-refractivity contribution in [2.24, 2.45) is 4.99 Å². The summed E-state index contributed by atoms with van der Waals surface area (Å²) >= 11 is 0. The molecule has 0 spiro atoms. The number of hydrogen-bond acceptors (Lipinski definition) is 4. The molecule has 0 atom stereocenters. The molecule has 0 radical (unpaired) electrons. The highest BCUT2D eigenvalue weighted by atomic mass is 16.5. The lowest BCUT2D eigenvalue weighted by atomic mass is 10.2. The predicted octanol–water partition coefficient (Wildman–Crippen LogP) is 2.69. The topological polar surface area (TPSA) is 78.4 Å². The molecule has 0 saturated heterocycles. The first-order valence-electron chi connectivity index (χ1n) is 8.70. The van der Waals surface area contributed by atoms with E-state index >= 15 is 0 Å². The third kappa shape index (κ3) is 4.63. The number of benzene rings is 1. The normalized spacial score (nSPS) is 11.3. The van der Waals surface area contributed by atoms with Crippen LogP contribution in [-0.4, -0.2) is 47.0 Å². The zero-order valence-corrected chi connectivity index (χ0v) is 15.8. The van der Waals surface area contributed by atoms with Crippen molar-refractivity contribution in [1.29, 1.82) is 0 Å². The molecule has 2 heterocycles. The molecule has 7 heteroatoms. The van der Waals surface area contributed by atoms with Crippen molar-refractivity contribution in [2.75, 3.05) is 21.2 Å². The highest BCUT2D eigenvalue weighted by molar-refractivity contribution is 5.79. The first-order chi connectivity index (χ1) is 13.2. The third-order valence-corrected chi connectivity index (χ3v) is 4.15. The second-order valence-corrected chi connectivity index (χ2v) is 6.04. The summed E-state index contributed by atoms with van der Waals surface area (Å²) in [5.74, 6) is 2.25. The minimum Gasteiger partial charge on any atom is -0.481 e. The molecule has 140 valence electrons. The summed E-state index contributed by atoms with van der Waals surface area (Å²) in [7, 11) is 5.35. The number of guanidine groups is 1. The molecular formula is C20H24N6O. The number of imidazole rings is 1. The molecule has 2 N–H and O–H groups in total. The van der Waals surface area contributed by atoms with Gasteiger partial charge in [0.1, 0.15) is 5.82 Å². The number of aromatic amines is 1. The molecule has 0 amide bonds. The van der Waals surface area contributed by atoms with Gasteiger partial charge in [-0.2, -0.15) is 0 Å². The average Bonchev–Trinajstić information content (AvgIpc) is 3.18. The number of methoxy groups -OCH3 is 1. The SMILES string of the molecule is CN=C(NCc1cccnc1OC)N(C)Cc1ncc(-c2ccccc2)[nH]1. The van der Waals surface area contributed by atoms with Crippen LogP contribution in [0.3, 0.4) is 0 Å². The molecular weight excluding hydrogens is 340 g/mol. The quantitative estimate of drug-likeness (QED) is 0.519. The minimum atomic E-state index is 0.571. The number of ether oxygens (including phenoxy) is 1. The fraction of sp³-hybridized carbons (Fsp3) is 0.250. The van der Waals surface area contributed by atoms with Crippen molar-refractivity contribution >= 4 is 5.96 Å². The zero-order valence-electron chi connectivity index (χ0n) is 15.8. The Kier molecular flexibility index (Phi) is 6.04. The van der Waals surface area contributed by atoms with Crippen molar-refractivity contribution in [3.05, 3.63) is 66.2 Å². The van der Waals surface area contributed by atoms with Gasteiger partial charge in [0.2, 0.25) is 5.88 Å². The Morgan fingerprint density at radius 1 is 1.19 bits per heavy atom. The van der Waals surface area contributed by atoms with Gasteiger partial charge >= 0.3 is 0 Å². The summed E-state index contributed by atoms with van der Waals surface area (Å²) in [4.78, 5) is 18.4. The Bertz CT molecular complexity index is 890. The molecule has 1 aromatic carbocycles. The largest absolute Gasteiger partial charge is 0.481 e. The van der Waals surface area contributed by atoms with Gasteiger partial charge < -0.3 is 19.9 Å². The zero-order chi connectivity index (χ0) is 19.1. The van der Waals surface area contributed by atoms with Crippen LogP contribution in [0.15, 0.2) is 59.9 Å². The lowest BCUT2D eigenvalue weighted by Gasteiger charge is -2.21. The van der Waals surface area contributed by atoms with E-state index in [9.17, 15) is 0 Å². The second-order valence-electron chi connectivity index (χ2n) is 6.04. The van der Waals surface area contributed by atoms with Gasteiger partial charge in [-0.15, -0.1) is 0 Å². The number of aromatic nitrogens is 3. The molecule has 0 aliphatic heterocycles. The van der Waals surface area contributed by atoms with Crippen molar-refractivity contribution in [3.8, 4) is 17.1 Å². The van der Waals surface area contributed by atoms with Crippen LogP contribution in [0, 0.1) is 0 Å². The molecule has 3 aromatic rings. The van der Waals surface area contributed by atoms with Gasteiger partial charge in [0.25, 0.3) is 0 Å². The van der Waals surface area contributed by atoms with E-state index in [0.29, 0.717) is 19.0 Å². The van der Waals surface area contributed by atoms with Gasteiger partial charge in [0, 0.05) is 32.4 Å². The van der Waals surface area contributed by atoms with Crippen LogP contribution in [0.1, 0.15) is 11.4 Å². The molecule has 2 aromatic heterocycles. The van der Waals surface area contributed by atoms with Crippen LogP contribution in [0.4, 0.5) is 0 Å². The lowest BCUT2D eigenvalue weighted by Crippen LogP contribution is -2.38. The van der Waals surface area contributed by atoms with Crippen molar-refractivity contribution in [1.82, 2.24) is 25.2 Å². The maximum Gasteiger partial charge on any atom is 0.218 e. The monoisotopic (exact) mass is 364 g/mol. The molecule has 0 aliphatic carbocycles. The Labute approximate surface area is 159 Å². The number of H-pyrrole nitrogens is 1. The van der Waals surface area contributed by atoms with Crippen LogP contribution >= 0.6 is 0 Å². The first kappa shape index (κ1) is 18.4. The Hall–Kier alpha value is -3.35. The molecule has 3 rings (SSSR count). The number of nitrogens with one attached hydrogen (secondary N) is 2. The predicted molar refractivity (Wildman–Crippen MR) is 106 cm³/mol. The highest BCUT2D eigenvalue weighted by Crippen LogP contribution is 2.17. The van der Waals surface area contributed by atoms with Crippen LogP contribution in [0.25, 0.3) is 11.3 Å². The smallest absolute Gasteiger partial charge is 0.218 e. The second kappa shape index (κ2) is 8.84. The number of rotatable bonds is 6. The van der Waals surface area contributed by atoms with E-state index in [-0.39, 0.29) is 0 Å². The van der Waals surface area contributed by atoms with Gasteiger partial charge in [0.15, 0.2) is 5.96 Å². The van der Waals surface area contributed by atoms with Crippen molar-refractivity contribution in [2.45, 2.75) is 13.1 Å². The van der Waals surface area contributed by atoms with Gasteiger partial charge in [-0.05, 0) is 11.6 Å². The lowest BCUT2D eigenvalue weighted by molar-refractivity contribution is 0.391. The fourth-order valence-electron chi connectivity index (χ4n) is 2.81. The summed E-state index contributed by atoms with van der Waals surface area (Å²) in [6.45, 7) is 1.18. The minimum absolute atomic E-state index is 0.571. The van der Waals surface area contributed by atoms with E-state index in [4.69, 9.17) is 4.74 Å². The van der Waals surface area contributed by atoms with Crippen LogP contribution in [0.2, 0.25) is 0 Å². The molecule has 7 nitrogen and oxygen atoms in total. The van der Waals surface area contributed by atoms with Gasteiger partial charge in [-0.1, -0.05) is 36.4 Å². The van der Waals surface area contributed by atoms with E-state index in [1.54, 1.807) is 20.4 Å². The van der Waals surface area contributed by atoms with Crippen LogP contribution in [0.5, 0.6) is 5.88 Å². The standard InChI is InChI=1S/C20H24N6O/c1-21-20(24-12-16-10-7-11-22-19(16)27-3)26(2)14-18-23-13-17(25-18)15-8-5-4-6-9-15/h4-11,13H,12,14H2,1-3H3,(H,21,24)(H,23,25). The van der Waals surface area contributed by atoms with Gasteiger partial charge in [-0.3, -0.25) is 4.99 Å². The summed E-state index contributed by atoms with van der Waals surface area (Å²) in [5, 5.41) is 3.33. The number of pyridine rings is 1. The number of nitrogens with zero attached hydrogens (tertiary/aromatic N) is 4. The van der Waals surface area contributed by atoms with Gasteiger partial charge in [-0.25, -0.2) is 9.97 Å². The average molecular weight is 364 g/mol. The maximum atomic E-state index is 5.29. The molecule has 0 aliphatic rings. The van der Waals surface area contributed by atoms with Crippen molar-refractivity contribution in [3.63, 3.8) is 0 Å². The Morgan fingerprint density at radius 3 is 2.74 bits per heavy atom. The summed E-state index contributed by atoms with van der Waals surface area (Å²) in [5.41, 5.74) is 3.09. The van der Waals surface area contributed by atoms with E-state index in [2.05, 4.69) is 37.4 Å². The first-order valence-corrected chi connectivity index (χ1v) is 8.70. The van der Waals surface area contributed by atoms with Crippen molar-refractivity contribution < 1.29 is 4.74 Å². The highest BCUT2D eigenvalue weighted by Gasteiger charge is 2.11. The van der Waals surface area contributed by atoms with E-state index in [1.165, 1.54) is 0 Å². The molecule has 0 bridgehead atoms. The maximum absolute atomic E-state index is 5.29. The van der Waals surface area contributed by atoms with Gasteiger partial charge in [0.05, 0.1) is 25.5 Å². The number of hydrogen-bond donors (Lipinski definition) is 2. The van der Waals surface area contributed by atoms with Crippen LogP contribution < -0.4 is 10.1 Å². The van der Waals surface area contributed by atoms with E-state index in [1.807, 2.05) is 48.5 Å². The van der Waals surface area contributed by atoms with E-state index < -0.39 is 0 Å². The summed E-state index contributed by atoms with van der Waals surface area (Å²) < 4.78 is 5.29. The molecule has 0 fully saturated rings. The number of aliphatic imine (C=N–C) groups is 1. The summed E-state index contributed by atoms with van der Waals surface area (Å²) in [6, 6.07) is 14.0. The summed E-state index contributed by atoms with van der Waals surface area (Å²) in [6.07, 6.45) is 3.57. The Balaban J connectivity index is 1.62. The molecule has 27 heavy (non-hydrogen) atoms. The molecule has 0 saturated carbocycles. The fourth-order valence-corrected chi connectivity index (χ4v) is 2.81. The van der Waals surface area contributed by atoms with Crippen LogP contribution in [-0.2, 0) is 13.1 Å². The Morgan fingerprint density at radius 2 is 2.00 bits per heavy atom.